The number of ether oxygens (including phenoxy) is 2. The zero-order chi connectivity index (χ0) is 18.4. The first-order valence-electron chi connectivity index (χ1n) is 7.53. The summed E-state index contributed by atoms with van der Waals surface area (Å²) in [6.07, 6.45) is -0.733. The molecule has 0 aliphatic rings. The fourth-order valence-corrected chi connectivity index (χ4v) is 2.27. The summed E-state index contributed by atoms with van der Waals surface area (Å²) in [6.45, 7) is 3.02. The Hall–Kier alpha value is -2.73. The first-order valence-corrected chi connectivity index (χ1v) is 7.91. The number of hydrogen-bond acceptors (Lipinski definition) is 4. The van der Waals surface area contributed by atoms with Crippen molar-refractivity contribution in [2.24, 2.45) is 0 Å². The van der Waals surface area contributed by atoms with Gasteiger partial charge in [0.15, 0.2) is 12.7 Å². The highest BCUT2D eigenvalue weighted by atomic mass is 35.5. The summed E-state index contributed by atoms with van der Waals surface area (Å²) in [6, 6.07) is 11.6. The second-order valence-electron chi connectivity index (χ2n) is 5.37. The molecular formula is C18H18ClNO5. The van der Waals surface area contributed by atoms with Crippen LogP contribution in [0.3, 0.4) is 0 Å². The van der Waals surface area contributed by atoms with E-state index in [0.717, 1.165) is 5.56 Å². The zero-order valence-corrected chi connectivity index (χ0v) is 14.5. The molecule has 2 aromatic carbocycles. The molecule has 2 N–H and O–H groups in total. The molecule has 0 aliphatic heterocycles. The van der Waals surface area contributed by atoms with Crippen molar-refractivity contribution in [2.45, 2.75) is 20.0 Å². The number of aliphatic carboxylic acids is 1. The number of hydrogen-bond donors (Lipinski definition) is 2. The van der Waals surface area contributed by atoms with Crippen molar-refractivity contribution < 1.29 is 24.2 Å². The van der Waals surface area contributed by atoms with E-state index >= 15 is 0 Å². The maximum atomic E-state index is 12.3. The van der Waals surface area contributed by atoms with Gasteiger partial charge in [-0.3, -0.25) is 4.79 Å². The molecule has 0 spiro atoms. The number of benzene rings is 2. The monoisotopic (exact) mass is 363 g/mol. The van der Waals surface area contributed by atoms with E-state index in [1.807, 2.05) is 6.92 Å². The van der Waals surface area contributed by atoms with Gasteiger partial charge in [0.25, 0.3) is 5.91 Å². The molecule has 0 heterocycles. The van der Waals surface area contributed by atoms with Gasteiger partial charge in [-0.05, 0) is 49.7 Å². The van der Waals surface area contributed by atoms with Crippen molar-refractivity contribution >= 4 is 29.2 Å². The Labute approximate surface area is 150 Å². The molecule has 132 valence electrons. The van der Waals surface area contributed by atoms with Crippen LogP contribution < -0.4 is 14.8 Å². The maximum Gasteiger partial charge on any atom is 0.341 e. The van der Waals surface area contributed by atoms with E-state index in [1.165, 1.54) is 0 Å². The molecule has 2 rings (SSSR count). The summed E-state index contributed by atoms with van der Waals surface area (Å²) in [5.74, 6) is -0.493. The van der Waals surface area contributed by atoms with Gasteiger partial charge in [0, 0.05) is 16.8 Å². The second-order valence-corrected chi connectivity index (χ2v) is 5.81. The van der Waals surface area contributed by atoms with Gasteiger partial charge in [-0.15, -0.1) is 0 Å². The molecule has 6 nitrogen and oxygen atoms in total. The molecule has 0 aliphatic carbocycles. The highest BCUT2D eigenvalue weighted by molar-refractivity contribution is 6.30. The molecule has 0 saturated carbocycles. The Kier molecular flexibility index (Phi) is 6.25. The highest BCUT2D eigenvalue weighted by Gasteiger charge is 2.16. The summed E-state index contributed by atoms with van der Waals surface area (Å²) in [5, 5.41) is 11.9. The smallest absolute Gasteiger partial charge is 0.341 e. The van der Waals surface area contributed by atoms with E-state index in [-0.39, 0.29) is 5.91 Å². The van der Waals surface area contributed by atoms with Crippen LogP contribution >= 0.6 is 11.6 Å². The standard InChI is InChI=1S/C18H18ClNO5/c1-11-8-13(19)6-7-16(11)25-12(2)18(23)20-14-4-3-5-15(9-14)24-10-17(21)22/h3-9,12H,10H2,1-2H3,(H,20,23)(H,21,22)/t12-/m0/s1. The number of carbonyl (C=O) groups is 2. The number of carbonyl (C=O) groups excluding carboxylic acids is 1. The van der Waals surface area contributed by atoms with E-state index in [1.54, 1.807) is 49.4 Å². The van der Waals surface area contributed by atoms with Gasteiger partial charge in [-0.25, -0.2) is 4.79 Å². The molecule has 0 saturated heterocycles. The number of rotatable bonds is 7. The third-order valence-corrected chi connectivity index (χ3v) is 3.51. The predicted molar refractivity (Wildman–Crippen MR) is 94.5 cm³/mol. The molecule has 1 atom stereocenters. The van der Waals surface area contributed by atoms with Crippen molar-refractivity contribution in [3.63, 3.8) is 0 Å². The van der Waals surface area contributed by atoms with E-state index in [4.69, 9.17) is 26.2 Å². The lowest BCUT2D eigenvalue weighted by Gasteiger charge is -2.16. The Morgan fingerprint density at radius 3 is 2.68 bits per heavy atom. The maximum absolute atomic E-state index is 12.3. The Bertz CT molecular complexity index is 778. The van der Waals surface area contributed by atoms with Crippen molar-refractivity contribution in [1.29, 1.82) is 0 Å². The molecule has 0 bridgehead atoms. The summed E-state index contributed by atoms with van der Waals surface area (Å²) in [7, 11) is 0. The Morgan fingerprint density at radius 2 is 2.00 bits per heavy atom. The minimum atomic E-state index is -1.07. The fourth-order valence-electron chi connectivity index (χ4n) is 2.04. The Balaban J connectivity index is 1.98. The molecule has 0 radical (unpaired) electrons. The fraction of sp³-hybridized carbons (Fsp3) is 0.222. The zero-order valence-electron chi connectivity index (χ0n) is 13.8. The van der Waals surface area contributed by atoms with Crippen LogP contribution in [0.2, 0.25) is 5.02 Å². The van der Waals surface area contributed by atoms with Crippen LogP contribution in [0.5, 0.6) is 11.5 Å². The number of carboxylic acid groups (broad SMARTS) is 1. The topological polar surface area (TPSA) is 84.9 Å². The van der Waals surface area contributed by atoms with Gasteiger partial charge in [0.05, 0.1) is 0 Å². The van der Waals surface area contributed by atoms with Crippen LogP contribution in [0.1, 0.15) is 12.5 Å². The van der Waals surface area contributed by atoms with Gasteiger partial charge >= 0.3 is 5.97 Å². The molecule has 25 heavy (non-hydrogen) atoms. The molecular weight excluding hydrogens is 346 g/mol. The third kappa shape index (κ3) is 5.69. The number of aryl methyl sites for hydroxylation is 1. The van der Waals surface area contributed by atoms with Crippen molar-refractivity contribution in [3.8, 4) is 11.5 Å². The van der Waals surface area contributed by atoms with Crippen LogP contribution in [0.4, 0.5) is 5.69 Å². The summed E-state index contributed by atoms with van der Waals surface area (Å²) in [5.41, 5.74) is 1.31. The molecule has 0 aromatic heterocycles. The quantitative estimate of drug-likeness (QED) is 0.786. The van der Waals surface area contributed by atoms with Crippen molar-refractivity contribution in [1.82, 2.24) is 0 Å². The van der Waals surface area contributed by atoms with Gasteiger partial charge in [-0.1, -0.05) is 17.7 Å². The second kappa shape index (κ2) is 8.39. The average molecular weight is 364 g/mol. The normalized spacial score (nSPS) is 11.5. The van der Waals surface area contributed by atoms with E-state index in [0.29, 0.717) is 22.2 Å². The Morgan fingerprint density at radius 1 is 1.24 bits per heavy atom. The van der Waals surface area contributed by atoms with Crippen LogP contribution in [-0.4, -0.2) is 29.7 Å². The number of carboxylic acids is 1. The number of amides is 1. The van der Waals surface area contributed by atoms with Crippen LogP contribution in [0.15, 0.2) is 42.5 Å². The largest absolute Gasteiger partial charge is 0.482 e. The first kappa shape index (κ1) is 18.6. The molecule has 1 amide bonds. The van der Waals surface area contributed by atoms with Gasteiger partial charge in [-0.2, -0.15) is 0 Å². The third-order valence-electron chi connectivity index (χ3n) is 3.27. The van der Waals surface area contributed by atoms with Crippen LogP contribution in [0, 0.1) is 6.92 Å². The predicted octanol–water partition coefficient (Wildman–Crippen LogP) is 3.52. The lowest BCUT2D eigenvalue weighted by molar-refractivity contribution is -0.139. The van der Waals surface area contributed by atoms with E-state index in [9.17, 15) is 9.59 Å². The summed E-state index contributed by atoms with van der Waals surface area (Å²) < 4.78 is 10.7. The van der Waals surface area contributed by atoms with Crippen LogP contribution in [0.25, 0.3) is 0 Å². The average Bonchev–Trinajstić information content (AvgIpc) is 2.55. The minimum absolute atomic E-state index is 0.343. The number of halogens is 1. The van der Waals surface area contributed by atoms with Crippen LogP contribution in [-0.2, 0) is 9.59 Å². The summed E-state index contributed by atoms with van der Waals surface area (Å²) >= 11 is 5.90. The van der Waals surface area contributed by atoms with Crippen molar-refractivity contribution in [2.75, 3.05) is 11.9 Å². The van der Waals surface area contributed by atoms with Gasteiger partial charge < -0.3 is 19.9 Å². The van der Waals surface area contributed by atoms with Gasteiger partial charge in [0.1, 0.15) is 11.5 Å². The molecule has 2 aromatic rings. The summed E-state index contributed by atoms with van der Waals surface area (Å²) in [4.78, 5) is 22.8. The molecule has 7 heteroatoms. The van der Waals surface area contributed by atoms with Crippen molar-refractivity contribution in [3.05, 3.63) is 53.1 Å². The molecule has 0 unspecified atom stereocenters. The number of nitrogens with one attached hydrogen (secondary N) is 1. The highest BCUT2D eigenvalue weighted by Crippen LogP contribution is 2.23. The minimum Gasteiger partial charge on any atom is -0.482 e. The van der Waals surface area contributed by atoms with E-state index < -0.39 is 18.7 Å². The van der Waals surface area contributed by atoms with E-state index in [2.05, 4.69) is 5.32 Å². The lowest BCUT2D eigenvalue weighted by Crippen LogP contribution is -2.30. The SMILES string of the molecule is Cc1cc(Cl)ccc1O[C@@H](C)C(=O)Nc1cccc(OCC(=O)O)c1. The molecule has 0 fully saturated rings. The van der Waals surface area contributed by atoms with Gasteiger partial charge in [0.2, 0.25) is 0 Å². The lowest BCUT2D eigenvalue weighted by atomic mass is 10.2. The number of anilines is 1. The first-order chi connectivity index (χ1) is 11.8.